The van der Waals surface area contributed by atoms with Crippen molar-refractivity contribution >= 4 is 43.2 Å². The van der Waals surface area contributed by atoms with Crippen molar-refractivity contribution in [2.24, 2.45) is 0 Å². The lowest BCUT2D eigenvalue weighted by molar-refractivity contribution is -0.385. The minimum Gasteiger partial charge on any atom is -0.258 e. The number of nitrogens with zero attached hydrogens (tertiary/aromatic N) is 3. The third-order valence-corrected chi connectivity index (χ3v) is 6.57. The summed E-state index contributed by atoms with van der Waals surface area (Å²) in [5, 5.41) is 11.0. The van der Waals surface area contributed by atoms with Gasteiger partial charge in [-0.15, -0.1) is 0 Å². The van der Waals surface area contributed by atoms with Crippen LogP contribution in [0.5, 0.6) is 0 Å². The highest BCUT2D eigenvalue weighted by atomic mass is 79.9. The largest absolute Gasteiger partial charge is 0.270 e. The van der Waals surface area contributed by atoms with Crippen LogP contribution in [0.3, 0.4) is 0 Å². The molecule has 0 unspecified atom stereocenters. The van der Waals surface area contributed by atoms with Gasteiger partial charge in [-0.1, -0.05) is 48.0 Å². The maximum Gasteiger partial charge on any atom is 0.270 e. The number of nitro groups is 1. The molecule has 3 rings (SSSR count). The van der Waals surface area contributed by atoms with Crippen LogP contribution in [0.2, 0.25) is 5.15 Å². The molecule has 0 fully saturated rings. The highest BCUT2D eigenvalue weighted by Crippen LogP contribution is 2.35. The van der Waals surface area contributed by atoms with Crippen molar-refractivity contribution in [3.63, 3.8) is 0 Å². The van der Waals surface area contributed by atoms with Gasteiger partial charge in [-0.25, -0.2) is 17.4 Å². The van der Waals surface area contributed by atoms with Gasteiger partial charge in [-0.05, 0) is 28.4 Å². The van der Waals surface area contributed by atoms with Crippen LogP contribution in [0.4, 0.5) is 5.69 Å². The summed E-state index contributed by atoms with van der Waals surface area (Å²) in [6.07, 6.45) is 0. The number of nitro benzene ring substituents is 1. The molecule has 1 aromatic heterocycles. The molecule has 0 aliphatic carbocycles. The van der Waals surface area contributed by atoms with Crippen molar-refractivity contribution in [3.8, 4) is 11.3 Å². The van der Waals surface area contributed by atoms with E-state index in [9.17, 15) is 18.5 Å². The summed E-state index contributed by atoms with van der Waals surface area (Å²) in [6.45, 7) is 1.56. The SMILES string of the molecule is Cc1ccc([N+](=O)[O-])cc1S(=O)(=O)n1c(Br)nc(Cl)c1-c1ccccc1. The Kier molecular flexibility index (Phi) is 4.87. The Morgan fingerprint density at radius 1 is 1.19 bits per heavy atom. The van der Waals surface area contributed by atoms with Gasteiger partial charge in [-0.3, -0.25) is 10.1 Å². The molecular weight excluding hydrogens is 446 g/mol. The fourth-order valence-electron chi connectivity index (χ4n) is 2.49. The molecule has 0 N–H and O–H groups in total. The average Bonchev–Trinajstić information content (AvgIpc) is 2.90. The van der Waals surface area contributed by atoms with Gasteiger partial charge < -0.3 is 0 Å². The summed E-state index contributed by atoms with van der Waals surface area (Å²) in [7, 11) is -4.20. The summed E-state index contributed by atoms with van der Waals surface area (Å²) >= 11 is 9.29. The number of non-ortho nitro benzene ring substituents is 1. The van der Waals surface area contributed by atoms with E-state index < -0.39 is 14.9 Å². The van der Waals surface area contributed by atoms with Gasteiger partial charge in [0.1, 0.15) is 5.69 Å². The molecule has 0 atom stereocenters. The lowest BCUT2D eigenvalue weighted by Crippen LogP contribution is -2.16. The summed E-state index contributed by atoms with van der Waals surface area (Å²) in [4.78, 5) is 14.2. The molecule has 0 aliphatic heterocycles. The van der Waals surface area contributed by atoms with Crippen LogP contribution in [-0.2, 0) is 10.0 Å². The fourth-order valence-corrected chi connectivity index (χ4v) is 5.45. The Morgan fingerprint density at radius 3 is 2.46 bits per heavy atom. The van der Waals surface area contributed by atoms with Gasteiger partial charge in [0.25, 0.3) is 15.7 Å². The Bertz CT molecular complexity index is 1110. The van der Waals surface area contributed by atoms with Gasteiger partial charge in [-0.2, -0.15) is 0 Å². The second-order valence-corrected chi connectivity index (χ2v) is 8.19. The lowest BCUT2D eigenvalue weighted by Gasteiger charge is -2.13. The molecule has 0 amide bonds. The maximum atomic E-state index is 13.3. The van der Waals surface area contributed by atoms with Crippen LogP contribution < -0.4 is 0 Å². The number of aromatic nitrogens is 2. The van der Waals surface area contributed by atoms with E-state index >= 15 is 0 Å². The smallest absolute Gasteiger partial charge is 0.258 e. The number of hydrogen-bond acceptors (Lipinski definition) is 5. The third kappa shape index (κ3) is 3.13. The number of benzene rings is 2. The molecule has 3 aromatic rings. The average molecular weight is 457 g/mol. The summed E-state index contributed by atoms with van der Waals surface area (Å²) in [6, 6.07) is 12.3. The molecule has 7 nitrogen and oxygen atoms in total. The van der Waals surface area contributed by atoms with E-state index in [4.69, 9.17) is 11.6 Å². The molecule has 0 radical (unpaired) electrons. The van der Waals surface area contributed by atoms with E-state index in [1.54, 1.807) is 37.3 Å². The monoisotopic (exact) mass is 455 g/mol. The predicted octanol–water partition coefficient (Wildman–Crippen LogP) is 4.42. The Balaban J connectivity index is 2.31. The topological polar surface area (TPSA) is 95.1 Å². The zero-order chi connectivity index (χ0) is 19.1. The number of halogens is 2. The standard InChI is InChI=1S/C16H11BrClN3O4S/c1-10-7-8-12(21(22)23)9-13(10)26(24,25)20-14(15(18)19-16(20)17)11-5-3-2-4-6-11/h2-9H,1H3. The van der Waals surface area contributed by atoms with E-state index in [2.05, 4.69) is 20.9 Å². The van der Waals surface area contributed by atoms with Crippen LogP contribution in [0.25, 0.3) is 11.3 Å². The first-order valence-electron chi connectivity index (χ1n) is 7.23. The summed E-state index contributed by atoms with van der Waals surface area (Å²) in [5.74, 6) is 0. The predicted molar refractivity (Wildman–Crippen MR) is 101 cm³/mol. The Morgan fingerprint density at radius 2 is 1.85 bits per heavy atom. The van der Waals surface area contributed by atoms with Gasteiger partial charge >= 0.3 is 0 Å². The van der Waals surface area contributed by atoms with Gasteiger partial charge in [0.15, 0.2) is 9.89 Å². The number of imidazole rings is 1. The van der Waals surface area contributed by atoms with Crippen molar-refractivity contribution in [2.75, 3.05) is 0 Å². The van der Waals surface area contributed by atoms with Crippen molar-refractivity contribution in [3.05, 3.63) is 74.1 Å². The molecule has 0 aliphatic rings. The zero-order valence-electron chi connectivity index (χ0n) is 13.3. The van der Waals surface area contributed by atoms with E-state index in [0.29, 0.717) is 11.1 Å². The molecule has 26 heavy (non-hydrogen) atoms. The molecule has 10 heteroatoms. The zero-order valence-corrected chi connectivity index (χ0v) is 16.4. The first kappa shape index (κ1) is 18.6. The molecule has 2 aromatic carbocycles. The minimum atomic E-state index is -4.20. The molecular formula is C16H11BrClN3O4S. The maximum absolute atomic E-state index is 13.3. The quantitative estimate of drug-likeness (QED) is 0.428. The van der Waals surface area contributed by atoms with Crippen molar-refractivity contribution in [1.82, 2.24) is 8.96 Å². The molecule has 1 heterocycles. The molecule has 0 spiro atoms. The number of aryl methyl sites for hydroxylation is 1. The van der Waals surface area contributed by atoms with E-state index in [1.807, 2.05) is 0 Å². The summed E-state index contributed by atoms with van der Waals surface area (Å²) < 4.78 is 27.5. The third-order valence-electron chi connectivity index (χ3n) is 3.70. The second kappa shape index (κ2) is 6.82. The van der Waals surface area contributed by atoms with Gasteiger partial charge in [0.2, 0.25) is 0 Å². The Hall–Kier alpha value is -2.23. The highest BCUT2D eigenvalue weighted by Gasteiger charge is 2.29. The van der Waals surface area contributed by atoms with Crippen LogP contribution in [0.1, 0.15) is 5.56 Å². The normalized spacial score (nSPS) is 11.5. The number of rotatable bonds is 4. The van der Waals surface area contributed by atoms with Crippen molar-refractivity contribution in [1.29, 1.82) is 0 Å². The van der Waals surface area contributed by atoms with Crippen molar-refractivity contribution < 1.29 is 13.3 Å². The highest BCUT2D eigenvalue weighted by molar-refractivity contribution is 9.10. The molecule has 0 saturated carbocycles. The van der Waals surface area contributed by atoms with Gasteiger partial charge in [0.05, 0.1) is 9.82 Å². The van der Waals surface area contributed by atoms with Gasteiger partial charge in [0, 0.05) is 17.7 Å². The minimum absolute atomic E-state index is 0.00488. The summed E-state index contributed by atoms with van der Waals surface area (Å²) in [5.41, 5.74) is 0.761. The molecule has 0 bridgehead atoms. The molecule has 0 saturated heterocycles. The van der Waals surface area contributed by atoms with Crippen LogP contribution >= 0.6 is 27.5 Å². The van der Waals surface area contributed by atoms with E-state index in [1.165, 1.54) is 12.1 Å². The fraction of sp³-hybridized carbons (Fsp3) is 0.0625. The van der Waals surface area contributed by atoms with E-state index in [-0.39, 0.29) is 26.2 Å². The Labute approximate surface area is 162 Å². The molecule has 134 valence electrons. The van der Waals surface area contributed by atoms with Crippen LogP contribution in [-0.4, -0.2) is 22.3 Å². The van der Waals surface area contributed by atoms with Crippen LogP contribution in [0.15, 0.2) is 58.2 Å². The second-order valence-electron chi connectivity index (χ2n) is 5.36. The lowest BCUT2D eigenvalue weighted by atomic mass is 10.2. The van der Waals surface area contributed by atoms with Crippen LogP contribution in [0, 0.1) is 17.0 Å². The number of hydrogen-bond donors (Lipinski definition) is 0. The van der Waals surface area contributed by atoms with Crippen molar-refractivity contribution in [2.45, 2.75) is 11.8 Å². The van der Waals surface area contributed by atoms with E-state index in [0.717, 1.165) is 10.0 Å². The first-order valence-corrected chi connectivity index (χ1v) is 9.84. The first-order chi connectivity index (χ1) is 12.2.